The molecule has 0 atom stereocenters. The van der Waals surface area contributed by atoms with Crippen molar-refractivity contribution in [1.82, 2.24) is 9.97 Å². The second kappa shape index (κ2) is 7.58. The quantitative estimate of drug-likeness (QED) is 0.459. The van der Waals surface area contributed by atoms with Gasteiger partial charge in [0.15, 0.2) is 5.82 Å². The summed E-state index contributed by atoms with van der Waals surface area (Å²) in [7, 11) is 0. The molecular formula is C24H18N2. The van der Waals surface area contributed by atoms with E-state index >= 15 is 0 Å². The van der Waals surface area contributed by atoms with Crippen LogP contribution in [0.1, 0.15) is 11.4 Å². The molecule has 0 saturated heterocycles. The molecule has 0 saturated carbocycles. The normalized spacial score (nSPS) is 10.9. The van der Waals surface area contributed by atoms with Crippen LogP contribution in [0.15, 0.2) is 97.1 Å². The summed E-state index contributed by atoms with van der Waals surface area (Å²) in [5.41, 5.74) is 5.14. The van der Waals surface area contributed by atoms with Crippen LogP contribution >= 0.6 is 0 Å². The van der Waals surface area contributed by atoms with Crippen molar-refractivity contribution >= 4 is 12.2 Å². The van der Waals surface area contributed by atoms with Gasteiger partial charge in [0.1, 0.15) is 0 Å². The van der Waals surface area contributed by atoms with E-state index in [0.717, 1.165) is 28.1 Å². The number of nitrogens with zero attached hydrogens (tertiary/aromatic N) is 2. The van der Waals surface area contributed by atoms with Crippen LogP contribution in [-0.2, 0) is 0 Å². The lowest BCUT2D eigenvalue weighted by Gasteiger charge is -2.07. The highest BCUT2D eigenvalue weighted by molar-refractivity contribution is 5.72. The summed E-state index contributed by atoms with van der Waals surface area (Å²) >= 11 is 0. The molecule has 1 aromatic heterocycles. The molecule has 0 N–H and O–H groups in total. The second-order valence-electron chi connectivity index (χ2n) is 5.97. The van der Waals surface area contributed by atoms with Gasteiger partial charge in [0.25, 0.3) is 0 Å². The minimum atomic E-state index is 0.703. The van der Waals surface area contributed by atoms with Crippen LogP contribution in [0.4, 0.5) is 0 Å². The molecule has 3 aromatic carbocycles. The fraction of sp³-hybridized carbons (Fsp3) is 0. The minimum Gasteiger partial charge on any atom is -0.229 e. The van der Waals surface area contributed by atoms with Gasteiger partial charge in [-0.15, -0.1) is 0 Å². The highest BCUT2D eigenvalue weighted by Gasteiger charge is 2.07. The van der Waals surface area contributed by atoms with Gasteiger partial charge in [-0.1, -0.05) is 97.1 Å². The zero-order valence-corrected chi connectivity index (χ0v) is 14.3. The van der Waals surface area contributed by atoms with Crippen LogP contribution in [0.5, 0.6) is 0 Å². The summed E-state index contributed by atoms with van der Waals surface area (Å²) in [5.74, 6) is 0.703. The Morgan fingerprint density at radius 2 is 0.962 bits per heavy atom. The lowest BCUT2D eigenvalue weighted by atomic mass is 10.1. The average molecular weight is 334 g/mol. The maximum absolute atomic E-state index is 4.75. The molecule has 0 unspecified atom stereocenters. The van der Waals surface area contributed by atoms with Crippen molar-refractivity contribution in [3.63, 3.8) is 0 Å². The van der Waals surface area contributed by atoms with E-state index in [9.17, 15) is 0 Å². The lowest BCUT2D eigenvalue weighted by Crippen LogP contribution is -1.95. The zero-order chi connectivity index (χ0) is 17.6. The molecule has 0 fully saturated rings. The minimum absolute atomic E-state index is 0.703. The van der Waals surface area contributed by atoms with E-state index in [1.165, 1.54) is 0 Å². The zero-order valence-electron chi connectivity index (χ0n) is 14.3. The molecule has 0 aliphatic rings. The molecule has 4 rings (SSSR count). The third-order valence-corrected chi connectivity index (χ3v) is 4.11. The van der Waals surface area contributed by atoms with Gasteiger partial charge < -0.3 is 0 Å². The van der Waals surface area contributed by atoms with Gasteiger partial charge >= 0.3 is 0 Å². The highest BCUT2D eigenvalue weighted by atomic mass is 14.9. The number of aromatic nitrogens is 2. The first-order valence-electron chi connectivity index (χ1n) is 8.61. The van der Waals surface area contributed by atoms with Crippen LogP contribution < -0.4 is 0 Å². The van der Waals surface area contributed by atoms with Gasteiger partial charge in [0.2, 0.25) is 0 Å². The van der Waals surface area contributed by atoms with E-state index < -0.39 is 0 Å². The molecule has 2 nitrogen and oxygen atoms in total. The largest absolute Gasteiger partial charge is 0.229 e. The maximum Gasteiger partial charge on any atom is 0.153 e. The van der Waals surface area contributed by atoms with Gasteiger partial charge in [-0.3, -0.25) is 0 Å². The van der Waals surface area contributed by atoms with E-state index in [1.807, 2.05) is 72.8 Å². The summed E-state index contributed by atoms with van der Waals surface area (Å²) in [4.78, 5) is 9.49. The average Bonchev–Trinajstić information content (AvgIpc) is 2.74. The molecule has 0 amide bonds. The predicted molar refractivity (Wildman–Crippen MR) is 108 cm³/mol. The Labute approximate surface area is 153 Å². The summed E-state index contributed by atoms with van der Waals surface area (Å²) < 4.78 is 0. The Kier molecular flexibility index (Phi) is 4.66. The smallest absolute Gasteiger partial charge is 0.153 e. The van der Waals surface area contributed by atoms with Gasteiger partial charge in [-0.05, 0) is 17.7 Å². The molecular weight excluding hydrogens is 316 g/mol. The second-order valence-corrected chi connectivity index (χ2v) is 5.97. The van der Waals surface area contributed by atoms with Crippen LogP contribution in [0.3, 0.4) is 0 Å². The van der Waals surface area contributed by atoms with Crippen LogP contribution in [0.25, 0.3) is 34.7 Å². The number of rotatable bonds is 4. The standard InChI is InChI=1S/C24H18N2/c1-4-10-19(11-5-1)16-17-24-25-22(20-12-6-2-7-13-20)18-23(26-24)21-14-8-3-9-15-21/h1-18H. The van der Waals surface area contributed by atoms with Gasteiger partial charge in [-0.25, -0.2) is 9.97 Å². The van der Waals surface area contributed by atoms with Crippen molar-refractivity contribution in [2.45, 2.75) is 0 Å². The molecule has 0 aliphatic heterocycles. The molecule has 0 bridgehead atoms. The molecule has 0 spiro atoms. The van der Waals surface area contributed by atoms with Gasteiger partial charge in [0.05, 0.1) is 11.4 Å². The Hall–Kier alpha value is -3.52. The fourth-order valence-electron chi connectivity index (χ4n) is 2.79. The topological polar surface area (TPSA) is 25.8 Å². The highest BCUT2D eigenvalue weighted by Crippen LogP contribution is 2.24. The van der Waals surface area contributed by atoms with Crippen molar-refractivity contribution < 1.29 is 0 Å². The SMILES string of the molecule is C(=Cc1nc(-c2ccccc2)cc(-c2ccccc2)n1)c1ccccc1. The van der Waals surface area contributed by atoms with Crippen molar-refractivity contribution in [3.05, 3.63) is 108 Å². The number of hydrogen-bond acceptors (Lipinski definition) is 2. The molecule has 0 aliphatic carbocycles. The fourth-order valence-corrected chi connectivity index (χ4v) is 2.79. The third-order valence-electron chi connectivity index (χ3n) is 4.11. The van der Waals surface area contributed by atoms with Crippen molar-refractivity contribution in [1.29, 1.82) is 0 Å². The first-order chi connectivity index (χ1) is 12.9. The Balaban J connectivity index is 1.79. The Morgan fingerprint density at radius 3 is 1.46 bits per heavy atom. The van der Waals surface area contributed by atoms with Crippen LogP contribution in [0, 0.1) is 0 Å². The summed E-state index contributed by atoms with van der Waals surface area (Å²) in [5, 5.41) is 0. The van der Waals surface area contributed by atoms with Gasteiger partial charge in [-0.2, -0.15) is 0 Å². The maximum atomic E-state index is 4.75. The summed E-state index contributed by atoms with van der Waals surface area (Å²) in [6.45, 7) is 0. The first kappa shape index (κ1) is 16.0. The molecule has 4 aromatic rings. The number of hydrogen-bond donors (Lipinski definition) is 0. The van der Waals surface area contributed by atoms with Crippen molar-refractivity contribution in [2.24, 2.45) is 0 Å². The van der Waals surface area contributed by atoms with Crippen LogP contribution in [0.2, 0.25) is 0 Å². The van der Waals surface area contributed by atoms with E-state index in [-0.39, 0.29) is 0 Å². The summed E-state index contributed by atoms with van der Waals surface area (Å²) in [6, 6.07) is 32.7. The predicted octanol–water partition coefficient (Wildman–Crippen LogP) is 5.98. The van der Waals surface area contributed by atoms with E-state index in [0.29, 0.717) is 5.82 Å². The monoisotopic (exact) mass is 334 g/mol. The van der Waals surface area contributed by atoms with Gasteiger partial charge in [0, 0.05) is 11.1 Å². The van der Waals surface area contributed by atoms with Crippen LogP contribution in [-0.4, -0.2) is 9.97 Å². The Morgan fingerprint density at radius 1 is 0.500 bits per heavy atom. The molecule has 1 heterocycles. The number of benzene rings is 3. The molecule has 124 valence electrons. The lowest BCUT2D eigenvalue weighted by molar-refractivity contribution is 1.14. The molecule has 2 heteroatoms. The van der Waals surface area contributed by atoms with E-state index in [1.54, 1.807) is 0 Å². The van der Waals surface area contributed by atoms with E-state index in [2.05, 4.69) is 36.4 Å². The van der Waals surface area contributed by atoms with Crippen molar-refractivity contribution in [3.8, 4) is 22.5 Å². The summed E-state index contributed by atoms with van der Waals surface area (Å²) in [6.07, 6.45) is 4.01. The third kappa shape index (κ3) is 3.76. The Bertz CT molecular complexity index is 950. The van der Waals surface area contributed by atoms with E-state index in [4.69, 9.17) is 9.97 Å². The molecule has 0 radical (unpaired) electrons. The van der Waals surface area contributed by atoms with Crippen molar-refractivity contribution in [2.75, 3.05) is 0 Å². The first-order valence-corrected chi connectivity index (χ1v) is 8.61. The molecule has 26 heavy (non-hydrogen) atoms.